The summed E-state index contributed by atoms with van der Waals surface area (Å²) < 4.78 is 13.9. The molecule has 0 aromatic heterocycles. The van der Waals surface area contributed by atoms with Crippen LogP contribution >= 0.6 is 23.2 Å². The van der Waals surface area contributed by atoms with Crippen LogP contribution in [0.2, 0.25) is 0 Å². The molecule has 0 bridgehead atoms. The van der Waals surface area contributed by atoms with Gasteiger partial charge >= 0.3 is 5.97 Å². The van der Waals surface area contributed by atoms with E-state index in [1.165, 1.54) is 42.5 Å². The lowest BCUT2D eigenvalue weighted by Crippen LogP contribution is -2.60. The highest BCUT2D eigenvalue weighted by Crippen LogP contribution is 2.67. The van der Waals surface area contributed by atoms with E-state index in [1.54, 1.807) is 30.3 Å². The molecular weight excluding hydrogens is 674 g/mol. The number of carboxylic acid groups (broad SMARTS) is 1. The zero-order valence-electron chi connectivity index (χ0n) is 25.3. The van der Waals surface area contributed by atoms with E-state index in [4.69, 9.17) is 23.2 Å². The predicted molar refractivity (Wildman–Crippen MR) is 178 cm³/mol. The number of phenols is 1. The predicted octanol–water partition coefficient (Wildman–Crippen LogP) is 6.15. The minimum Gasteiger partial charge on any atom is -0.508 e. The molecule has 246 valence electrons. The molecule has 9 nitrogen and oxygen atoms in total. The third kappa shape index (κ3) is 4.13. The van der Waals surface area contributed by atoms with E-state index in [1.807, 2.05) is 6.07 Å². The Morgan fingerprint density at radius 2 is 1.55 bits per heavy atom. The Labute approximate surface area is 288 Å². The summed E-state index contributed by atoms with van der Waals surface area (Å²) in [7, 11) is 0. The molecule has 0 spiro atoms. The minimum atomic E-state index is -2.22. The van der Waals surface area contributed by atoms with Crippen LogP contribution in [0.5, 0.6) is 5.75 Å². The summed E-state index contributed by atoms with van der Waals surface area (Å²) in [6, 6.07) is 20.5. The van der Waals surface area contributed by atoms with Crippen LogP contribution in [0.15, 0.2) is 96.6 Å². The quantitative estimate of drug-likeness (QED) is 0.148. The fraction of sp³-hybridized carbons (Fsp3) is 0.216. The van der Waals surface area contributed by atoms with Crippen molar-refractivity contribution >= 4 is 74.9 Å². The first kappa shape index (κ1) is 31.2. The molecule has 2 saturated heterocycles. The molecule has 1 saturated carbocycles. The lowest BCUT2D eigenvalue weighted by atomic mass is 9.56. The number of aromatic carboxylic acids is 1. The molecule has 2 aliphatic carbocycles. The van der Waals surface area contributed by atoms with Crippen LogP contribution in [0.25, 0.3) is 10.8 Å². The number of allylic oxidation sites excluding steroid dienone is 2. The van der Waals surface area contributed by atoms with Crippen LogP contribution in [0.4, 0.5) is 15.8 Å². The smallest absolute Gasteiger partial charge is 0.335 e. The van der Waals surface area contributed by atoms with Gasteiger partial charge in [-0.1, -0.05) is 48.0 Å². The van der Waals surface area contributed by atoms with Crippen LogP contribution in [0, 0.1) is 23.6 Å². The van der Waals surface area contributed by atoms with Gasteiger partial charge in [0.2, 0.25) is 11.8 Å². The highest BCUT2D eigenvalue weighted by atomic mass is 35.5. The third-order valence-corrected chi connectivity index (χ3v) is 11.9. The summed E-state index contributed by atoms with van der Waals surface area (Å²) >= 11 is 14.9. The van der Waals surface area contributed by atoms with Crippen molar-refractivity contribution in [1.29, 1.82) is 0 Å². The fourth-order valence-electron chi connectivity index (χ4n) is 8.34. The number of hydrogen-bond donors (Lipinski definition) is 2. The van der Waals surface area contributed by atoms with Crippen LogP contribution in [0.3, 0.4) is 0 Å². The number of hydrogen-bond acceptors (Lipinski definition) is 6. The van der Waals surface area contributed by atoms with Gasteiger partial charge in [0.05, 0.1) is 28.8 Å². The van der Waals surface area contributed by atoms with E-state index < -0.39 is 68.8 Å². The number of rotatable bonds is 4. The molecule has 2 aliphatic heterocycles. The van der Waals surface area contributed by atoms with E-state index in [2.05, 4.69) is 0 Å². The maximum Gasteiger partial charge on any atom is 0.335 e. The first-order valence-electron chi connectivity index (χ1n) is 15.5. The number of amides is 4. The van der Waals surface area contributed by atoms with Gasteiger partial charge in [0.1, 0.15) is 11.6 Å². The van der Waals surface area contributed by atoms with Crippen molar-refractivity contribution in [1.82, 2.24) is 0 Å². The number of aromatic hydroxyl groups is 1. The number of imide groups is 2. The Balaban J connectivity index is 1.33. The van der Waals surface area contributed by atoms with Crippen LogP contribution < -0.4 is 9.80 Å². The van der Waals surface area contributed by atoms with Gasteiger partial charge in [-0.15, -0.1) is 23.2 Å². The highest BCUT2D eigenvalue weighted by molar-refractivity contribution is 6.58. The van der Waals surface area contributed by atoms with Crippen molar-refractivity contribution in [2.75, 3.05) is 9.80 Å². The molecule has 4 aliphatic rings. The maximum absolute atomic E-state index is 14.6. The number of alkyl halides is 2. The van der Waals surface area contributed by atoms with Gasteiger partial charge in [-0.2, -0.15) is 0 Å². The largest absolute Gasteiger partial charge is 0.508 e. The number of fused-ring (bicyclic) bond motifs is 5. The van der Waals surface area contributed by atoms with Gasteiger partial charge in [-0.05, 0) is 78.1 Å². The molecule has 0 radical (unpaired) electrons. The first-order valence-corrected chi connectivity index (χ1v) is 16.3. The lowest BCUT2D eigenvalue weighted by Gasteiger charge is -2.51. The Morgan fingerprint density at radius 1 is 0.816 bits per heavy atom. The Hall–Kier alpha value is -5.06. The molecule has 6 unspecified atom stereocenters. The number of nitrogens with zero attached hydrogens (tertiary/aromatic N) is 2. The second-order valence-corrected chi connectivity index (χ2v) is 14.1. The van der Waals surface area contributed by atoms with Crippen molar-refractivity contribution in [2.45, 2.75) is 28.5 Å². The average molecular weight is 700 g/mol. The molecule has 2 N–H and O–H groups in total. The molecular formula is C37H25Cl2FN2O7. The van der Waals surface area contributed by atoms with Gasteiger partial charge in [0.25, 0.3) is 11.8 Å². The Morgan fingerprint density at radius 3 is 2.29 bits per heavy atom. The van der Waals surface area contributed by atoms with Crippen molar-refractivity contribution < 1.29 is 38.6 Å². The summed E-state index contributed by atoms with van der Waals surface area (Å²) in [4.78, 5) is 66.5. The topological polar surface area (TPSA) is 132 Å². The normalized spacial score (nSPS) is 29.2. The summed E-state index contributed by atoms with van der Waals surface area (Å²) in [5, 5.41) is 22.3. The van der Waals surface area contributed by atoms with E-state index in [9.17, 15) is 38.6 Å². The van der Waals surface area contributed by atoms with E-state index in [0.29, 0.717) is 16.3 Å². The summed E-state index contributed by atoms with van der Waals surface area (Å²) in [6.07, 6.45) is 1.51. The number of carbonyl (C=O) groups is 5. The average Bonchev–Trinajstić information content (AvgIpc) is 3.43. The van der Waals surface area contributed by atoms with E-state index in [0.717, 1.165) is 21.9 Å². The van der Waals surface area contributed by atoms with Crippen LogP contribution in [0.1, 0.15) is 34.7 Å². The van der Waals surface area contributed by atoms with Crippen LogP contribution in [-0.2, 0) is 19.2 Å². The molecule has 6 atom stereocenters. The molecule has 8 rings (SSSR count). The molecule has 2 heterocycles. The maximum atomic E-state index is 14.6. The third-order valence-electron chi connectivity index (χ3n) is 10.5. The van der Waals surface area contributed by atoms with Crippen molar-refractivity contribution in [2.24, 2.45) is 17.8 Å². The molecule has 49 heavy (non-hydrogen) atoms. The van der Waals surface area contributed by atoms with Crippen molar-refractivity contribution in [3.63, 3.8) is 0 Å². The molecule has 12 heteroatoms. The van der Waals surface area contributed by atoms with Gasteiger partial charge in [0.15, 0.2) is 9.75 Å². The van der Waals surface area contributed by atoms with Gasteiger partial charge < -0.3 is 10.2 Å². The fourth-order valence-corrected chi connectivity index (χ4v) is 9.25. The number of carbonyl (C=O) groups excluding carboxylic acids is 4. The molecule has 4 aromatic carbocycles. The van der Waals surface area contributed by atoms with Crippen molar-refractivity contribution in [3.8, 4) is 5.75 Å². The number of halogens is 3. The number of phenolic OH excluding ortho intramolecular Hbond substituents is 1. The second-order valence-electron chi connectivity index (χ2n) is 12.8. The Kier molecular flexibility index (Phi) is 6.83. The summed E-state index contributed by atoms with van der Waals surface area (Å²) in [5.41, 5.74) is 0.726. The van der Waals surface area contributed by atoms with Crippen LogP contribution in [-0.4, -0.2) is 49.6 Å². The molecule has 4 amide bonds. The summed E-state index contributed by atoms with van der Waals surface area (Å²) in [5.74, 6) is -8.99. The number of benzene rings is 4. The van der Waals surface area contributed by atoms with Gasteiger partial charge in [0, 0.05) is 11.5 Å². The summed E-state index contributed by atoms with van der Waals surface area (Å²) in [6.45, 7) is 0. The van der Waals surface area contributed by atoms with E-state index in [-0.39, 0.29) is 41.1 Å². The minimum absolute atomic E-state index is 0.0400. The highest BCUT2D eigenvalue weighted by Gasteiger charge is 2.77. The SMILES string of the molecule is O=C(O)c1cccc(N2C(=O)C3CC=C4C(CC5(Cl)C(=O)N(c6ccc(F)cc6)C(=O)C5(Cl)C4c4c(O)ccc5ccccc45)C3C2=O)c1. The van der Waals surface area contributed by atoms with Crippen molar-refractivity contribution in [3.05, 3.63) is 114 Å². The monoisotopic (exact) mass is 698 g/mol. The standard InChI is InChI=1S/C37H25Cl2FN2O7/c38-36-17-26-24(13-14-25-28(26)32(45)41(31(25)44)22-6-3-5-19(16-22)33(46)47)30(29-23-7-2-1-4-18(23)8-15-27(29)43)37(36,39)35(49)42(34(36)48)21-11-9-20(40)10-12-21/h1-13,15-16,25-26,28,30,43H,14,17H2,(H,46,47). The van der Waals surface area contributed by atoms with Gasteiger partial charge in [-0.3, -0.25) is 24.1 Å². The zero-order chi connectivity index (χ0) is 34.6. The number of carboxylic acids is 1. The lowest BCUT2D eigenvalue weighted by molar-refractivity contribution is -0.125. The second kappa shape index (κ2) is 10.7. The van der Waals surface area contributed by atoms with E-state index >= 15 is 0 Å². The number of anilines is 2. The molecule has 4 aromatic rings. The molecule has 3 fully saturated rings. The Bertz CT molecular complexity index is 2210. The zero-order valence-corrected chi connectivity index (χ0v) is 26.9. The van der Waals surface area contributed by atoms with Gasteiger partial charge in [-0.25, -0.2) is 14.1 Å². The first-order chi connectivity index (χ1) is 23.4.